The van der Waals surface area contributed by atoms with Crippen LogP contribution in [0.1, 0.15) is 71.8 Å². The fourth-order valence-electron chi connectivity index (χ4n) is 4.31. The molecule has 0 spiro atoms. The summed E-state index contributed by atoms with van der Waals surface area (Å²) < 4.78 is 0. The summed E-state index contributed by atoms with van der Waals surface area (Å²) in [5.41, 5.74) is 5.71. The number of hydrogen-bond acceptors (Lipinski definition) is 2. The highest BCUT2D eigenvalue weighted by Gasteiger charge is 2.18. The van der Waals surface area contributed by atoms with Gasteiger partial charge in [-0.05, 0) is 74.4 Å². The molecule has 1 amide bonds. The van der Waals surface area contributed by atoms with Gasteiger partial charge >= 0.3 is 0 Å². The lowest BCUT2D eigenvalue weighted by atomic mass is 9.97. The topological polar surface area (TPSA) is 32.3 Å². The lowest BCUT2D eigenvalue weighted by molar-refractivity contribution is 0.0935. The van der Waals surface area contributed by atoms with Crippen molar-refractivity contribution in [2.75, 3.05) is 13.1 Å². The number of aryl methyl sites for hydroxylation is 2. The van der Waals surface area contributed by atoms with Crippen molar-refractivity contribution < 1.29 is 4.79 Å². The molecule has 1 heterocycles. The van der Waals surface area contributed by atoms with E-state index in [1.165, 1.54) is 48.2 Å². The molecule has 3 nitrogen and oxygen atoms in total. The van der Waals surface area contributed by atoms with Gasteiger partial charge in [-0.15, -0.1) is 0 Å². The van der Waals surface area contributed by atoms with Crippen LogP contribution in [-0.4, -0.2) is 23.9 Å². The molecule has 0 aromatic heterocycles. The van der Waals surface area contributed by atoms with Crippen LogP contribution in [0.5, 0.6) is 0 Å². The zero-order valence-electron chi connectivity index (χ0n) is 17.8. The summed E-state index contributed by atoms with van der Waals surface area (Å²) in [4.78, 5) is 15.3. The van der Waals surface area contributed by atoms with E-state index in [2.05, 4.69) is 68.2 Å². The Morgan fingerprint density at radius 3 is 2.57 bits per heavy atom. The molecule has 3 heteroatoms. The maximum atomic E-state index is 12.8. The van der Waals surface area contributed by atoms with Crippen LogP contribution in [0, 0.1) is 19.8 Å². The lowest BCUT2D eigenvalue weighted by Crippen LogP contribution is -2.33. The summed E-state index contributed by atoms with van der Waals surface area (Å²) in [5, 5.41) is 3.22. The van der Waals surface area contributed by atoms with E-state index < -0.39 is 0 Å². The quantitative estimate of drug-likeness (QED) is 0.728. The standard InChI is InChI=1S/C25H34N2O/c1-5-24(23-13-8-18(2)15-20(23)4)26-25(28)22-11-9-21(10-12-22)17-27-14-6-7-19(3)16-27/h8-13,15,19,24H,5-7,14,16-17H2,1-4H3,(H,26,28)/t19-,24-/m0/s1. The first-order valence-corrected chi connectivity index (χ1v) is 10.7. The average molecular weight is 379 g/mol. The molecule has 150 valence electrons. The smallest absolute Gasteiger partial charge is 0.251 e. The number of likely N-dealkylation sites (tertiary alicyclic amines) is 1. The second kappa shape index (κ2) is 9.38. The molecule has 0 saturated carbocycles. The highest BCUT2D eigenvalue weighted by atomic mass is 16.1. The van der Waals surface area contributed by atoms with Gasteiger partial charge in [0, 0.05) is 18.7 Å². The van der Waals surface area contributed by atoms with E-state index in [1.54, 1.807) is 0 Å². The molecule has 1 N–H and O–H groups in total. The number of carbonyl (C=O) groups is 1. The molecule has 0 aliphatic carbocycles. The summed E-state index contributed by atoms with van der Waals surface area (Å²) >= 11 is 0. The minimum atomic E-state index is 0.00460. The molecule has 0 unspecified atom stereocenters. The van der Waals surface area contributed by atoms with Gasteiger partial charge in [0.15, 0.2) is 0 Å². The number of benzene rings is 2. The third-order valence-corrected chi connectivity index (χ3v) is 5.88. The SMILES string of the molecule is CC[C@H](NC(=O)c1ccc(CN2CCC[C@H](C)C2)cc1)c1ccc(C)cc1C. The molecular formula is C25H34N2O. The minimum Gasteiger partial charge on any atom is -0.345 e. The maximum absolute atomic E-state index is 12.8. The summed E-state index contributed by atoms with van der Waals surface area (Å²) in [6, 6.07) is 14.6. The van der Waals surface area contributed by atoms with E-state index >= 15 is 0 Å². The number of carbonyl (C=O) groups excluding carboxylic acids is 1. The molecule has 2 aromatic rings. The number of nitrogens with zero attached hydrogens (tertiary/aromatic N) is 1. The second-order valence-corrected chi connectivity index (χ2v) is 8.47. The van der Waals surface area contributed by atoms with Crippen molar-refractivity contribution in [3.63, 3.8) is 0 Å². The van der Waals surface area contributed by atoms with Gasteiger partial charge in [0.2, 0.25) is 0 Å². The molecule has 1 aliphatic rings. The molecule has 1 fully saturated rings. The van der Waals surface area contributed by atoms with Gasteiger partial charge in [0.1, 0.15) is 0 Å². The Morgan fingerprint density at radius 2 is 1.93 bits per heavy atom. The zero-order chi connectivity index (χ0) is 20.1. The van der Waals surface area contributed by atoms with Crippen LogP contribution in [0.4, 0.5) is 0 Å². The summed E-state index contributed by atoms with van der Waals surface area (Å²) in [6.07, 6.45) is 3.51. The van der Waals surface area contributed by atoms with Crippen molar-refractivity contribution in [1.29, 1.82) is 0 Å². The predicted octanol–water partition coefficient (Wildman–Crippen LogP) is 5.42. The highest BCUT2D eigenvalue weighted by Crippen LogP contribution is 2.23. The van der Waals surface area contributed by atoms with E-state index in [-0.39, 0.29) is 11.9 Å². The van der Waals surface area contributed by atoms with Crippen LogP contribution in [-0.2, 0) is 6.54 Å². The molecule has 3 rings (SSSR count). The van der Waals surface area contributed by atoms with E-state index in [4.69, 9.17) is 0 Å². The van der Waals surface area contributed by atoms with Crippen molar-refractivity contribution in [3.8, 4) is 0 Å². The van der Waals surface area contributed by atoms with Gasteiger partial charge in [0.05, 0.1) is 6.04 Å². The average Bonchev–Trinajstić information content (AvgIpc) is 2.67. The third kappa shape index (κ3) is 5.23. The Hall–Kier alpha value is -2.13. The normalized spacial score (nSPS) is 18.6. The minimum absolute atomic E-state index is 0.00460. The Kier molecular flexibility index (Phi) is 6.90. The lowest BCUT2D eigenvalue weighted by Gasteiger charge is -2.30. The fraction of sp³-hybridized carbons (Fsp3) is 0.480. The van der Waals surface area contributed by atoms with Crippen molar-refractivity contribution in [3.05, 3.63) is 70.3 Å². The molecule has 0 radical (unpaired) electrons. The van der Waals surface area contributed by atoms with Gasteiger partial charge in [-0.3, -0.25) is 9.69 Å². The molecule has 1 saturated heterocycles. The second-order valence-electron chi connectivity index (χ2n) is 8.47. The Bertz CT molecular complexity index is 797. The first kappa shape index (κ1) is 20.6. The number of nitrogens with one attached hydrogen (secondary N) is 1. The van der Waals surface area contributed by atoms with E-state index in [1.807, 2.05) is 12.1 Å². The zero-order valence-corrected chi connectivity index (χ0v) is 17.8. The third-order valence-electron chi connectivity index (χ3n) is 5.88. The molecule has 2 aromatic carbocycles. The Morgan fingerprint density at radius 1 is 1.18 bits per heavy atom. The van der Waals surface area contributed by atoms with Crippen molar-refractivity contribution >= 4 is 5.91 Å². The molecular weight excluding hydrogens is 344 g/mol. The van der Waals surface area contributed by atoms with E-state index in [9.17, 15) is 4.79 Å². The van der Waals surface area contributed by atoms with Crippen LogP contribution >= 0.6 is 0 Å². The number of piperidine rings is 1. The first-order chi connectivity index (χ1) is 13.5. The Labute approximate surface area is 170 Å². The first-order valence-electron chi connectivity index (χ1n) is 10.7. The predicted molar refractivity (Wildman–Crippen MR) is 117 cm³/mol. The van der Waals surface area contributed by atoms with Crippen molar-refractivity contribution in [2.24, 2.45) is 5.92 Å². The van der Waals surface area contributed by atoms with E-state index in [0.29, 0.717) is 0 Å². The summed E-state index contributed by atoms with van der Waals surface area (Å²) in [6.45, 7) is 12.0. The van der Waals surface area contributed by atoms with Gasteiger partial charge in [0.25, 0.3) is 5.91 Å². The van der Waals surface area contributed by atoms with Crippen LogP contribution in [0.15, 0.2) is 42.5 Å². The molecule has 28 heavy (non-hydrogen) atoms. The number of hydrogen-bond donors (Lipinski definition) is 1. The molecule has 2 atom stereocenters. The number of rotatable bonds is 6. The number of amides is 1. The van der Waals surface area contributed by atoms with Crippen molar-refractivity contribution in [2.45, 2.75) is 59.5 Å². The Balaban J connectivity index is 1.63. The fourth-order valence-corrected chi connectivity index (χ4v) is 4.31. The maximum Gasteiger partial charge on any atom is 0.251 e. The van der Waals surface area contributed by atoms with Gasteiger partial charge < -0.3 is 5.32 Å². The van der Waals surface area contributed by atoms with Crippen LogP contribution in [0.2, 0.25) is 0 Å². The van der Waals surface area contributed by atoms with Crippen molar-refractivity contribution in [1.82, 2.24) is 10.2 Å². The monoisotopic (exact) mass is 378 g/mol. The summed E-state index contributed by atoms with van der Waals surface area (Å²) in [7, 11) is 0. The van der Waals surface area contributed by atoms with Crippen LogP contribution in [0.3, 0.4) is 0 Å². The van der Waals surface area contributed by atoms with Gasteiger partial charge in [-0.2, -0.15) is 0 Å². The van der Waals surface area contributed by atoms with Crippen LogP contribution < -0.4 is 5.32 Å². The largest absolute Gasteiger partial charge is 0.345 e. The summed E-state index contributed by atoms with van der Waals surface area (Å²) in [5.74, 6) is 0.792. The van der Waals surface area contributed by atoms with E-state index in [0.717, 1.165) is 24.4 Å². The molecule has 1 aliphatic heterocycles. The van der Waals surface area contributed by atoms with Gasteiger partial charge in [-0.1, -0.05) is 49.7 Å². The van der Waals surface area contributed by atoms with Gasteiger partial charge in [-0.25, -0.2) is 0 Å². The molecule has 0 bridgehead atoms. The van der Waals surface area contributed by atoms with Crippen LogP contribution in [0.25, 0.3) is 0 Å². The highest BCUT2D eigenvalue weighted by molar-refractivity contribution is 5.94.